The number of anilines is 1. The second-order valence-electron chi connectivity index (χ2n) is 5.65. The van der Waals surface area contributed by atoms with Gasteiger partial charge in [-0.15, -0.1) is 0 Å². The summed E-state index contributed by atoms with van der Waals surface area (Å²) in [4.78, 5) is 2.54. The first kappa shape index (κ1) is 11.0. The molecule has 1 saturated heterocycles. The molecule has 2 aromatic rings. The standard InChI is InChI=1S/C16H18N2O/c1-16-8-4-10-18(16)14-11-12(19-2)6-7-13(14)17-9-3-5-15(16)17/h3,5-7,9,11H,4,8,10H2,1-2H3. The van der Waals surface area contributed by atoms with Gasteiger partial charge in [0.25, 0.3) is 0 Å². The molecule has 2 aliphatic heterocycles. The summed E-state index contributed by atoms with van der Waals surface area (Å²) in [7, 11) is 1.73. The van der Waals surface area contributed by atoms with Crippen molar-refractivity contribution in [2.75, 3.05) is 18.6 Å². The molecule has 19 heavy (non-hydrogen) atoms. The molecule has 3 heterocycles. The van der Waals surface area contributed by atoms with Crippen molar-refractivity contribution in [1.82, 2.24) is 4.57 Å². The van der Waals surface area contributed by atoms with Crippen LogP contribution in [0.15, 0.2) is 36.5 Å². The third kappa shape index (κ3) is 1.28. The Morgan fingerprint density at radius 1 is 1.21 bits per heavy atom. The van der Waals surface area contributed by atoms with E-state index in [1.807, 2.05) is 6.07 Å². The Kier molecular flexibility index (Phi) is 2.06. The molecule has 0 aliphatic carbocycles. The van der Waals surface area contributed by atoms with E-state index in [1.54, 1.807) is 7.11 Å². The van der Waals surface area contributed by atoms with Crippen molar-refractivity contribution < 1.29 is 4.74 Å². The second-order valence-corrected chi connectivity index (χ2v) is 5.65. The van der Waals surface area contributed by atoms with E-state index in [1.165, 1.54) is 29.9 Å². The SMILES string of the molecule is COc1ccc2c(c1)N1CCCC1(C)c1cccn1-2. The van der Waals surface area contributed by atoms with Crippen LogP contribution in [0.25, 0.3) is 5.69 Å². The lowest BCUT2D eigenvalue weighted by molar-refractivity contribution is 0.412. The van der Waals surface area contributed by atoms with E-state index in [9.17, 15) is 0 Å². The average Bonchev–Trinajstić information content (AvgIpc) is 3.05. The first-order chi connectivity index (χ1) is 9.24. The van der Waals surface area contributed by atoms with Gasteiger partial charge in [0.05, 0.1) is 24.0 Å². The molecule has 0 saturated carbocycles. The number of nitrogens with zero attached hydrogens (tertiary/aromatic N) is 2. The van der Waals surface area contributed by atoms with Crippen molar-refractivity contribution in [3.8, 4) is 11.4 Å². The van der Waals surface area contributed by atoms with Crippen LogP contribution in [0.3, 0.4) is 0 Å². The first-order valence-electron chi connectivity index (χ1n) is 6.88. The highest BCUT2D eigenvalue weighted by molar-refractivity contribution is 5.71. The fourth-order valence-electron chi connectivity index (χ4n) is 3.70. The van der Waals surface area contributed by atoms with Gasteiger partial charge in [0.1, 0.15) is 5.75 Å². The predicted molar refractivity (Wildman–Crippen MR) is 76.3 cm³/mol. The fourth-order valence-corrected chi connectivity index (χ4v) is 3.70. The summed E-state index contributed by atoms with van der Waals surface area (Å²) < 4.78 is 7.73. The van der Waals surface area contributed by atoms with Crippen LogP contribution in [-0.2, 0) is 5.54 Å². The third-order valence-corrected chi connectivity index (χ3v) is 4.67. The molecule has 3 nitrogen and oxygen atoms in total. The minimum absolute atomic E-state index is 0.128. The van der Waals surface area contributed by atoms with Gasteiger partial charge in [-0.25, -0.2) is 0 Å². The second kappa shape index (κ2) is 3.56. The highest BCUT2D eigenvalue weighted by Crippen LogP contribution is 2.49. The van der Waals surface area contributed by atoms with E-state index in [0.717, 1.165) is 12.3 Å². The Hall–Kier alpha value is -1.90. The van der Waals surface area contributed by atoms with Gasteiger partial charge in [-0.05, 0) is 44.0 Å². The van der Waals surface area contributed by atoms with Gasteiger partial charge in [0.15, 0.2) is 0 Å². The van der Waals surface area contributed by atoms with E-state index in [2.05, 4.69) is 46.9 Å². The van der Waals surface area contributed by atoms with Crippen LogP contribution in [0.4, 0.5) is 5.69 Å². The molecule has 1 aromatic carbocycles. The number of aromatic nitrogens is 1. The summed E-state index contributed by atoms with van der Waals surface area (Å²) >= 11 is 0. The van der Waals surface area contributed by atoms with Crippen LogP contribution >= 0.6 is 0 Å². The molecule has 0 bridgehead atoms. The van der Waals surface area contributed by atoms with Gasteiger partial charge in [-0.2, -0.15) is 0 Å². The van der Waals surface area contributed by atoms with Crippen molar-refractivity contribution in [1.29, 1.82) is 0 Å². The fraction of sp³-hybridized carbons (Fsp3) is 0.375. The number of fused-ring (bicyclic) bond motifs is 6. The lowest BCUT2D eigenvalue weighted by atomic mass is 9.91. The molecule has 3 heteroatoms. The van der Waals surface area contributed by atoms with E-state index < -0.39 is 0 Å². The number of hydrogen-bond acceptors (Lipinski definition) is 2. The normalized spacial score (nSPS) is 23.8. The van der Waals surface area contributed by atoms with E-state index in [-0.39, 0.29) is 5.54 Å². The summed E-state index contributed by atoms with van der Waals surface area (Å²) in [6, 6.07) is 10.8. The van der Waals surface area contributed by atoms with Crippen LogP contribution < -0.4 is 9.64 Å². The third-order valence-electron chi connectivity index (χ3n) is 4.67. The maximum absolute atomic E-state index is 5.40. The number of ether oxygens (including phenoxy) is 1. The van der Waals surface area contributed by atoms with Crippen LogP contribution in [0.5, 0.6) is 5.75 Å². The molecule has 0 amide bonds. The lowest BCUT2D eigenvalue weighted by Crippen LogP contribution is -2.43. The van der Waals surface area contributed by atoms with Crippen molar-refractivity contribution in [2.45, 2.75) is 25.3 Å². The molecule has 1 atom stereocenters. The maximum atomic E-state index is 5.40. The molecular weight excluding hydrogens is 236 g/mol. The van der Waals surface area contributed by atoms with Crippen molar-refractivity contribution >= 4 is 5.69 Å². The van der Waals surface area contributed by atoms with E-state index in [4.69, 9.17) is 4.74 Å². The van der Waals surface area contributed by atoms with Gasteiger partial charge in [-0.3, -0.25) is 0 Å². The molecule has 0 radical (unpaired) electrons. The zero-order valence-electron chi connectivity index (χ0n) is 11.4. The molecule has 1 unspecified atom stereocenters. The van der Waals surface area contributed by atoms with Crippen LogP contribution in [0.1, 0.15) is 25.5 Å². The van der Waals surface area contributed by atoms with Gasteiger partial charge in [0, 0.05) is 24.5 Å². The zero-order valence-corrected chi connectivity index (χ0v) is 11.4. The molecule has 2 aliphatic rings. The van der Waals surface area contributed by atoms with Gasteiger partial charge in [-0.1, -0.05) is 0 Å². The van der Waals surface area contributed by atoms with Crippen LogP contribution in [0, 0.1) is 0 Å². The minimum Gasteiger partial charge on any atom is -0.497 e. The highest BCUT2D eigenvalue weighted by atomic mass is 16.5. The van der Waals surface area contributed by atoms with Crippen LogP contribution in [0.2, 0.25) is 0 Å². The first-order valence-corrected chi connectivity index (χ1v) is 6.88. The van der Waals surface area contributed by atoms with Crippen molar-refractivity contribution in [3.05, 3.63) is 42.2 Å². The van der Waals surface area contributed by atoms with Gasteiger partial charge < -0.3 is 14.2 Å². The van der Waals surface area contributed by atoms with Crippen LogP contribution in [-0.4, -0.2) is 18.2 Å². The lowest BCUT2D eigenvalue weighted by Gasteiger charge is -2.43. The summed E-state index contributed by atoms with van der Waals surface area (Å²) in [5, 5.41) is 0. The van der Waals surface area contributed by atoms with Gasteiger partial charge >= 0.3 is 0 Å². The molecule has 0 N–H and O–H groups in total. The smallest absolute Gasteiger partial charge is 0.121 e. The highest BCUT2D eigenvalue weighted by Gasteiger charge is 2.44. The Morgan fingerprint density at radius 2 is 2.11 bits per heavy atom. The largest absolute Gasteiger partial charge is 0.497 e. The molecular formula is C16H18N2O. The molecule has 4 rings (SSSR count). The van der Waals surface area contributed by atoms with E-state index in [0.29, 0.717) is 0 Å². The number of methoxy groups -OCH3 is 1. The molecule has 1 aromatic heterocycles. The summed E-state index contributed by atoms with van der Waals surface area (Å²) in [6.07, 6.45) is 4.63. The topological polar surface area (TPSA) is 17.4 Å². The summed E-state index contributed by atoms with van der Waals surface area (Å²) in [6.45, 7) is 3.48. The maximum Gasteiger partial charge on any atom is 0.121 e. The Morgan fingerprint density at radius 3 is 2.95 bits per heavy atom. The Balaban J connectivity index is 2.02. The number of hydrogen-bond donors (Lipinski definition) is 0. The van der Waals surface area contributed by atoms with Crippen molar-refractivity contribution in [2.24, 2.45) is 0 Å². The Bertz CT molecular complexity index is 646. The summed E-state index contributed by atoms with van der Waals surface area (Å²) in [5.41, 5.74) is 4.09. The average molecular weight is 254 g/mol. The summed E-state index contributed by atoms with van der Waals surface area (Å²) in [5.74, 6) is 0.934. The van der Waals surface area contributed by atoms with Gasteiger partial charge in [0.2, 0.25) is 0 Å². The zero-order chi connectivity index (χ0) is 13.0. The minimum atomic E-state index is 0.128. The quantitative estimate of drug-likeness (QED) is 0.776. The van der Waals surface area contributed by atoms with E-state index >= 15 is 0 Å². The van der Waals surface area contributed by atoms with Crippen molar-refractivity contribution in [3.63, 3.8) is 0 Å². The number of benzene rings is 1. The monoisotopic (exact) mass is 254 g/mol. The predicted octanol–water partition coefficient (Wildman–Crippen LogP) is 3.31. The molecule has 1 fully saturated rings. The Labute approximate surface area is 113 Å². The molecule has 0 spiro atoms. The molecule has 98 valence electrons. The number of rotatable bonds is 1.